The van der Waals surface area contributed by atoms with Crippen LogP contribution in [0, 0.1) is 0 Å². The number of hydrogen-bond acceptors (Lipinski definition) is 3. The molecule has 8 aromatic carbocycles. The molecule has 3 aromatic heterocycles. The minimum Gasteiger partial charge on any atom is -0.507 e. The average Bonchev–Trinajstić information content (AvgIpc) is 3.92. The second-order valence-electron chi connectivity index (χ2n) is 22.1. The zero-order valence-corrected chi connectivity index (χ0v) is 42.2. The Balaban J connectivity index is 1.23. The van der Waals surface area contributed by atoms with Crippen LogP contribution in [0.1, 0.15) is 79.0 Å². The number of benzene rings is 8. The molecule has 0 radical (unpaired) electrons. The van der Waals surface area contributed by atoms with Crippen LogP contribution in [0.25, 0.3) is 100 Å². The van der Waals surface area contributed by atoms with E-state index < -0.39 is 0 Å². The zero-order valence-electron chi connectivity index (χ0n) is 42.2. The van der Waals surface area contributed by atoms with Crippen molar-refractivity contribution in [3.8, 4) is 73.2 Å². The van der Waals surface area contributed by atoms with Crippen LogP contribution in [0.5, 0.6) is 5.75 Å². The number of aromatic hydroxyl groups is 1. The average molecular weight is 925 g/mol. The van der Waals surface area contributed by atoms with Gasteiger partial charge in [-0.25, -0.2) is 4.98 Å². The van der Waals surface area contributed by atoms with Crippen molar-refractivity contribution in [1.29, 1.82) is 0 Å². The van der Waals surface area contributed by atoms with Gasteiger partial charge in [-0.1, -0.05) is 184 Å². The first kappa shape index (κ1) is 45.4. The fourth-order valence-corrected chi connectivity index (χ4v) is 10.3. The highest BCUT2D eigenvalue weighted by Crippen LogP contribution is 2.47. The van der Waals surface area contributed by atoms with E-state index in [1.165, 1.54) is 5.56 Å². The predicted molar refractivity (Wildman–Crippen MR) is 298 cm³/mol. The Labute approximate surface area is 417 Å². The van der Waals surface area contributed by atoms with Crippen LogP contribution in [0.15, 0.2) is 194 Å². The van der Waals surface area contributed by atoms with Crippen molar-refractivity contribution in [2.75, 3.05) is 0 Å². The lowest BCUT2D eigenvalue weighted by Gasteiger charge is -2.28. The molecule has 0 spiro atoms. The molecule has 0 fully saturated rings. The van der Waals surface area contributed by atoms with Crippen molar-refractivity contribution in [3.63, 3.8) is 0 Å². The predicted octanol–water partition coefficient (Wildman–Crippen LogP) is 17.5. The van der Waals surface area contributed by atoms with Gasteiger partial charge in [0, 0.05) is 44.9 Å². The number of fused-ring (bicyclic) bond motifs is 4. The molecule has 0 atom stereocenters. The third-order valence-electron chi connectivity index (χ3n) is 14.1. The van der Waals surface area contributed by atoms with Crippen molar-refractivity contribution in [2.24, 2.45) is 0 Å². The second kappa shape index (κ2) is 17.1. The van der Waals surface area contributed by atoms with Gasteiger partial charge in [0.25, 0.3) is 0 Å². The first-order valence-electron chi connectivity index (χ1n) is 24.8. The summed E-state index contributed by atoms with van der Waals surface area (Å²) in [5.74, 6) is 0.931. The Hall–Kier alpha value is -8.02. The number of pyridine rings is 1. The Kier molecular flexibility index (Phi) is 11.0. The normalized spacial score (nSPS) is 12.4. The Bertz CT molecular complexity index is 3800. The molecule has 1 N–H and O–H groups in total. The fourth-order valence-electron chi connectivity index (χ4n) is 10.3. The minimum atomic E-state index is -0.343. The number of phenolic OH excluding ortho intramolecular Hbond substituents is 1. The SMILES string of the molecule is CC(C)(C)c1ccc(-n2c(-c3cc(C(C)(C)C)cc(C(C)(C)C)c3O)nc3c(-c4cc(-c5ccccc5)cc(-c5nccc6c5c5ccccc5n6-c5ccccc5)c4)cccc32)c(-c2ccccc2)c1. The maximum atomic E-state index is 12.7. The van der Waals surface area contributed by atoms with Crippen LogP contribution in [0.2, 0.25) is 0 Å². The fraction of sp³-hybridized carbons (Fsp3) is 0.182. The molecule has 5 nitrogen and oxygen atoms in total. The summed E-state index contributed by atoms with van der Waals surface area (Å²) in [6.07, 6.45) is 1.94. The number of nitrogens with zero attached hydrogens (tertiary/aromatic N) is 4. The van der Waals surface area contributed by atoms with Gasteiger partial charge in [-0.3, -0.25) is 9.55 Å². The summed E-state index contributed by atoms with van der Waals surface area (Å²) in [7, 11) is 0. The second-order valence-corrected chi connectivity index (χ2v) is 22.1. The Morgan fingerprint density at radius 3 is 1.72 bits per heavy atom. The van der Waals surface area contributed by atoms with Crippen molar-refractivity contribution in [2.45, 2.75) is 78.6 Å². The van der Waals surface area contributed by atoms with E-state index in [9.17, 15) is 5.11 Å². The summed E-state index contributed by atoms with van der Waals surface area (Å²) in [6, 6.07) is 67.2. The summed E-state index contributed by atoms with van der Waals surface area (Å²) in [5.41, 5.74) is 17.7. The molecular weight excluding hydrogens is 865 g/mol. The molecule has 0 aliphatic carbocycles. The van der Waals surface area contributed by atoms with Crippen LogP contribution in [0.3, 0.4) is 0 Å². The lowest BCUT2D eigenvalue weighted by atomic mass is 9.79. The lowest BCUT2D eigenvalue weighted by molar-refractivity contribution is 0.446. The van der Waals surface area contributed by atoms with Gasteiger partial charge in [-0.2, -0.15) is 0 Å². The summed E-state index contributed by atoms with van der Waals surface area (Å²) in [6.45, 7) is 20.0. The molecule has 0 bridgehead atoms. The first-order chi connectivity index (χ1) is 34.0. The highest BCUT2D eigenvalue weighted by Gasteiger charge is 2.30. The van der Waals surface area contributed by atoms with Crippen LogP contribution in [-0.2, 0) is 16.2 Å². The van der Waals surface area contributed by atoms with E-state index in [2.05, 4.69) is 260 Å². The molecule has 0 aliphatic heterocycles. The molecule has 0 aliphatic rings. The molecule has 5 heteroatoms. The van der Waals surface area contributed by atoms with E-state index in [1.54, 1.807) is 0 Å². The monoisotopic (exact) mass is 924 g/mol. The molecule has 350 valence electrons. The molecule has 0 amide bonds. The molecular formula is C66H60N4O. The van der Waals surface area contributed by atoms with E-state index in [4.69, 9.17) is 9.97 Å². The summed E-state index contributed by atoms with van der Waals surface area (Å²) < 4.78 is 4.64. The van der Waals surface area contributed by atoms with Crippen molar-refractivity contribution in [1.82, 2.24) is 19.1 Å². The van der Waals surface area contributed by atoms with Crippen LogP contribution in [0.4, 0.5) is 0 Å². The number of imidazole rings is 1. The molecule has 11 aromatic rings. The number of phenols is 1. The third-order valence-corrected chi connectivity index (χ3v) is 14.1. The maximum Gasteiger partial charge on any atom is 0.149 e. The van der Waals surface area contributed by atoms with Gasteiger partial charge in [0.2, 0.25) is 0 Å². The van der Waals surface area contributed by atoms with Gasteiger partial charge in [-0.05, 0) is 116 Å². The van der Waals surface area contributed by atoms with Gasteiger partial charge >= 0.3 is 0 Å². The van der Waals surface area contributed by atoms with E-state index >= 15 is 0 Å². The number of hydrogen-bond donors (Lipinski definition) is 1. The van der Waals surface area contributed by atoms with Gasteiger partial charge in [0.15, 0.2) is 0 Å². The topological polar surface area (TPSA) is 55.9 Å². The van der Waals surface area contributed by atoms with Crippen molar-refractivity contribution >= 4 is 32.8 Å². The van der Waals surface area contributed by atoms with E-state index in [1.807, 2.05) is 6.20 Å². The smallest absolute Gasteiger partial charge is 0.149 e. The number of rotatable bonds is 7. The summed E-state index contributed by atoms with van der Waals surface area (Å²) >= 11 is 0. The van der Waals surface area contributed by atoms with E-state index in [0.29, 0.717) is 11.4 Å². The van der Waals surface area contributed by atoms with Gasteiger partial charge in [-0.15, -0.1) is 0 Å². The minimum absolute atomic E-state index is 0.0902. The third kappa shape index (κ3) is 8.09. The molecule has 3 heterocycles. The van der Waals surface area contributed by atoms with Crippen molar-refractivity contribution < 1.29 is 5.11 Å². The highest BCUT2D eigenvalue weighted by atomic mass is 16.3. The van der Waals surface area contributed by atoms with Gasteiger partial charge < -0.3 is 9.67 Å². The molecule has 0 unspecified atom stereocenters. The standard InChI is InChI=1S/C66H60N4O/c1-64(2,3)47-32-33-56(52(39-47)43-24-15-11-16-25-43)70-58-31-21-29-50(61(58)68-63(70)53-40-48(65(4,5)6)41-54(62(53)71)66(7,8)9)45-36-44(42-22-13-10-14-23-42)37-46(38-45)60-59-51-28-19-20-30-55(51)69(57(59)34-35-67-60)49-26-17-12-18-27-49/h10-41,71H,1-9H3. The van der Waals surface area contributed by atoms with E-state index in [-0.39, 0.29) is 22.0 Å². The van der Waals surface area contributed by atoms with Gasteiger partial charge in [0.05, 0.1) is 39.0 Å². The maximum absolute atomic E-state index is 12.7. The van der Waals surface area contributed by atoms with E-state index in [0.717, 1.165) is 100.0 Å². The quantitative estimate of drug-likeness (QED) is 0.173. The van der Waals surface area contributed by atoms with Crippen LogP contribution >= 0.6 is 0 Å². The number of para-hydroxylation sites is 3. The number of aromatic nitrogens is 4. The lowest BCUT2D eigenvalue weighted by Crippen LogP contribution is -2.17. The molecule has 0 saturated heterocycles. The molecule has 11 rings (SSSR count). The zero-order chi connectivity index (χ0) is 49.4. The molecule has 0 saturated carbocycles. The van der Waals surface area contributed by atoms with Crippen LogP contribution < -0.4 is 0 Å². The highest BCUT2D eigenvalue weighted by molar-refractivity contribution is 6.15. The van der Waals surface area contributed by atoms with Crippen molar-refractivity contribution in [3.05, 3.63) is 211 Å². The van der Waals surface area contributed by atoms with Gasteiger partial charge in [0.1, 0.15) is 11.6 Å². The summed E-state index contributed by atoms with van der Waals surface area (Å²) in [4.78, 5) is 11.0. The van der Waals surface area contributed by atoms with Crippen LogP contribution in [-0.4, -0.2) is 24.2 Å². The Morgan fingerprint density at radius 1 is 0.423 bits per heavy atom. The largest absolute Gasteiger partial charge is 0.507 e. The Morgan fingerprint density at radius 2 is 1.03 bits per heavy atom. The molecule has 71 heavy (non-hydrogen) atoms. The first-order valence-corrected chi connectivity index (χ1v) is 24.8. The summed E-state index contributed by atoms with van der Waals surface area (Å²) in [5, 5.41) is 14.9.